The van der Waals surface area contributed by atoms with Gasteiger partial charge in [-0.05, 0) is 12.1 Å². The van der Waals surface area contributed by atoms with Gasteiger partial charge in [-0.15, -0.1) is 0 Å². The largest absolute Gasteiger partial charge is 0.464 e. The summed E-state index contributed by atoms with van der Waals surface area (Å²) in [6, 6.07) is 11.9. The van der Waals surface area contributed by atoms with Crippen molar-refractivity contribution in [1.82, 2.24) is 9.13 Å². The fourth-order valence-corrected chi connectivity index (χ4v) is 3.42. The van der Waals surface area contributed by atoms with E-state index in [-0.39, 0.29) is 23.0 Å². The van der Waals surface area contributed by atoms with E-state index in [0.717, 1.165) is 23.0 Å². The average Bonchev–Trinajstić information content (AvgIpc) is 2.78. The van der Waals surface area contributed by atoms with Crippen LogP contribution in [0, 0.1) is 0 Å². The number of aromatic nitrogens is 2. The van der Waals surface area contributed by atoms with Crippen molar-refractivity contribution >= 4 is 35.2 Å². The molecule has 0 aliphatic rings. The number of hydrogen-bond acceptors (Lipinski definition) is 8. The van der Waals surface area contributed by atoms with E-state index >= 15 is 0 Å². The molecule has 12 nitrogen and oxygen atoms in total. The van der Waals surface area contributed by atoms with Crippen molar-refractivity contribution in [1.29, 1.82) is 0 Å². The summed E-state index contributed by atoms with van der Waals surface area (Å²) in [5, 5.41) is 12.9. The molecule has 0 aliphatic carbocycles. The Hall–Kier alpha value is -4.87. The number of nitrogens with zero attached hydrogens (tertiary/aromatic N) is 3. The van der Waals surface area contributed by atoms with Gasteiger partial charge in [-0.25, -0.2) is 19.1 Å². The van der Waals surface area contributed by atoms with E-state index in [2.05, 4.69) is 5.32 Å². The van der Waals surface area contributed by atoms with E-state index in [1.54, 1.807) is 30.3 Å². The Kier molecular flexibility index (Phi) is 7.04. The molecule has 0 spiro atoms. The quantitative estimate of drug-likeness (QED) is 0.398. The number of ether oxygens (including phenoxy) is 2. The zero-order valence-electron chi connectivity index (χ0n) is 19.3. The number of para-hydroxylation sites is 1. The number of carboxylic acid groups (broad SMARTS) is 1. The molecule has 12 heteroatoms. The maximum atomic E-state index is 13.2. The lowest BCUT2D eigenvalue weighted by atomic mass is 10.2. The molecule has 35 heavy (non-hydrogen) atoms. The first-order chi connectivity index (χ1) is 16.5. The van der Waals surface area contributed by atoms with Gasteiger partial charge in [0.25, 0.3) is 5.56 Å². The minimum atomic E-state index is -1.59. The predicted molar refractivity (Wildman–Crippen MR) is 126 cm³/mol. The Morgan fingerprint density at radius 3 is 1.94 bits per heavy atom. The maximum absolute atomic E-state index is 13.2. The highest BCUT2D eigenvalue weighted by atomic mass is 16.5. The molecular weight excluding hydrogens is 460 g/mol. The maximum Gasteiger partial charge on any atom is 0.416 e. The van der Waals surface area contributed by atoms with Gasteiger partial charge in [0.15, 0.2) is 5.69 Å². The van der Waals surface area contributed by atoms with Crippen LogP contribution in [0.3, 0.4) is 0 Å². The molecule has 0 atom stereocenters. The SMILES string of the molecule is CNc1c(N(C(=O)O)c2cc(OC(C)=O)cc(OC(C)=O)c2)c(=O)n(C)c(=O)n1-c1ccccc1. The lowest BCUT2D eigenvalue weighted by Gasteiger charge is -2.25. The second-order valence-corrected chi connectivity index (χ2v) is 7.23. The van der Waals surface area contributed by atoms with E-state index in [9.17, 15) is 29.1 Å². The van der Waals surface area contributed by atoms with Gasteiger partial charge in [0.05, 0.1) is 11.4 Å². The van der Waals surface area contributed by atoms with Crippen molar-refractivity contribution in [2.45, 2.75) is 13.8 Å². The van der Waals surface area contributed by atoms with Crippen LogP contribution in [0.4, 0.5) is 22.0 Å². The van der Waals surface area contributed by atoms with E-state index < -0.39 is 35.0 Å². The lowest BCUT2D eigenvalue weighted by Crippen LogP contribution is -2.43. The Morgan fingerprint density at radius 1 is 0.943 bits per heavy atom. The van der Waals surface area contributed by atoms with Crippen molar-refractivity contribution in [3.8, 4) is 17.2 Å². The summed E-state index contributed by atoms with van der Waals surface area (Å²) in [6.07, 6.45) is -1.59. The number of hydrogen-bond donors (Lipinski definition) is 2. The number of rotatable bonds is 6. The number of anilines is 3. The van der Waals surface area contributed by atoms with Gasteiger partial charge >= 0.3 is 23.7 Å². The van der Waals surface area contributed by atoms with E-state index in [1.165, 1.54) is 32.3 Å². The minimum Gasteiger partial charge on any atom is -0.464 e. The first-order valence-corrected chi connectivity index (χ1v) is 10.2. The highest BCUT2D eigenvalue weighted by molar-refractivity contribution is 5.98. The van der Waals surface area contributed by atoms with Crippen LogP contribution in [0.5, 0.6) is 11.5 Å². The summed E-state index contributed by atoms with van der Waals surface area (Å²) in [4.78, 5) is 62.3. The van der Waals surface area contributed by atoms with E-state index in [1.807, 2.05) is 0 Å². The van der Waals surface area contributed by atoms with Crippen molar-refractivity contribution in [3.63, 3.8) is 0 Å². The van der Waals surface area contributed by atoms with Crippen LogP contribution in [0.25, 0.3) is 5.69 Å². The van der Waals surface area contributed by atoms with Crippen molar-refractivity contribution < 1.29 is 29.0 Å². The Morgan fingerprint density at radius 2 is 1.49 bits per heavy atom. The Labute approximate surface area is 198 Å². The van der Waals surface area contributed by atoms with Gasteiger partial charge in [-0.2, -0.15) is 0 Å². The highest BCUT2D eigenvalue weighted by Gasteiger charge is 2.29. The molecule has 2 aromatic carbocycles. The minimum absolute atomic E-state index is 0.112. The van der Waals surface area contributed by atoms with Crippen LogP contribution < -0.4 is 30.9 Å². The lowest BCUT2D eigenvalue weighted by molar-refractivity contribution is -0.132. The molecule has 1 aromatic heterocycles. The molecule has 0 radical (unpaired) electrons. The molecule has 1 amide bonds. The zero-order chi connectivity index (χ0) is 25.9. The first-order valence-electron chi connectivity index (χ1n) is 10.2. The number of carbonyl (C=O) groups is 3. The average molecular weight is 482 g/mol. The molecule has 3 rings (SSSR count). The van der Waals surface area contributed by atoms with E-state index in [0.29, 0.717) is 10.6 Å². The molecule has 0 saturated heterocycles. The molecule has 3 aromatic rings. The molecule has 0 fully saturated rings. The van der Waals surface area contributed by atoms with E-state index in [4.69, 9.17) is 9.47 Å². The molecule has 0 aliphatic heterocycles. The first kappa shape index (κ1) is 24.8. The topological polar surface area (TPSA) is 149 Å². The fourth-order valence-electron chi connectivity index (χ4n) is 3.42. The van der Waals surface area contributed by atoms with Crippen LogP contribution in [-0.2, 0) is 16.6 Å². The Bertz CT molecular complexity index is 1390. The number of esters is 2. The van der Waals surface area contributed by atoms with Gasteiger partial charge in [-0.1, -0.05) is 18.2 Å². The van der Waals surface area contributed by atoms with Crippen LogP contribution >= 0.6 is 0 Å². The number of benzene rings is 2. The molecule has 2 N–H and O–H groups in total. The summed E-state index contributed by atoms with van der Waals surface area (Å²) in [5.41, 5.74) is -1.85. The second kappa shape index (κ2) is 9.95. The summed E-state index contributed by atoms with van der Waals surface area (Å²) >= 11 is 0. The number of amides is 1. The second-order valence-electron chi connectivity index (χ2n) is 7.23. The van der Waals surface area contributed by atoms with Crippen LogP contribution in [-0.4, -0.2) is 39.3 Å². The monoisotopic (exact) mass is 482 g/mol. The predicted octanol–water partition coefficient (Wildman–Crippen LogP) is 2.24. The van der Waals surface area contributed by atoms with Gasteiger partial charge in [0, 0.05) is 46.1 Å². The van der Waals surface area contributed by atoms with Crippen LogP contribution in [0.15, 0.2) is 58.1 Å². The molecular formula is C23H22N4O8. The molecule has 182 valence electrons. The number of carbonyl (C=O) groups excluding carboxylic acids is 2. The van der Waals surface area contributed by atoms with Gasteiger partial charge < -0.3 is 19.9 Å². The normalized spacial score (nSPS) is 10.4. The van der Waals surface area contributed by atoms with Gasteiger partial charge in [-0.3, -0.25) is 19.0 Å². The molecule has 1 heterocycles. The highest BCUT2D eigenvalue weighted by Crippen LogP contribution is 2.35. The standard InChI is InChI=1S/C23H22N4O8/c1-13(28)34-17-10-16(11-18(12-17)35-14(2)29)26(23(32)33)19-20(24-3)27(15-8-6-5-7-9-15)22(31)25(4)21(19)30/h5-12,24H,1-4H3,(H,32,33). The van der Waals surface area contributed by atoms with Crippen LogP contribution in [0.2, 0.25) is 0 Å². The Balaban J connectivity index is 2.39. The smallest absolute Gasteiger partial charge is 0.416 e. The van der Waals surface area contributed by atoms with Gasteiger partial charge in [0.2, 0.25) is 0 Å². The van der Waals surface area contributed by atoms with Crippen molar-refractivity contribution in [2.24, 2.45) is 7.05 Å². The molecule has 0 bridgehead atoms. The fraction of sp³-hybridized carbons (Fsp3) is 0.174. The summed E-state index contributed by atoms with van der Waals surface area (Å²) in [7, 11) is 2.64. The summed E-state index contributed by atoms with van der Waals surface area (Å²) in [6.45, 7) is 2.27. The van der Waals surface area contributed by atoms with Gasteiger partial charge in [0.1, 0.15) is 17.3 Å². The third-order valence-electron chi connectivity index (χ3n) is 4.75. The van der Waals surface area contributed by atoms with Crippen molar-refractivity contribution in [3.05, 3.63) is 69.4 Å². The van der Waals surface area contributed by atoms with Crippen molar-refractivity contribution in [2.75, 3.05) is 17.3 Å². The number of nitrogens with one attached hydrogen (secondary N) is 1. The third kappa shape index (κ3) is 5.05. The summed E-state index contributed by atoms with van der Waals surface area (Å²) < 4.78 is 12.0. The summed E-state index contributed by atoms with van der Waals surface area (Å²) in [5.74, 6) is -1.78. The molecule has 0 unspecified atom stereocenters. The van der Waals surface area contributed by atoms with Crippen LogP contribution in [0.1, 0.15) is 13.8 Å². The zero-order valence-corrected chi connectivity index (χ0v) is 19.3. The molecule has 0 saturated carbocycles. The third-order valence-corrected chi connectivity index (χ3v) is 4.75.